The third kappa shape index (κ3) is 3.05. The van der Waals surface area contributed by atoms with E-state index in [-0.39, 0.29) is 17.8 Å². The zero-order valence-electron chi connectivity index (χ0n) is 18.4. The molecule has 0 amide bonds. The Morgan fingerprint density at radius 1 is 0.933 bits per heavy atom. The van der Waals surface area contributed by atoms with E-state index in [1.165, 1.54) is 0 Å². The quantitative estimate of drug-likeness (QED) is 0.627. The van der Waals surface area contributed by atoms with E-state index in [1.807, 2.05) is 18.2 Å². The number of methoxy groups -OCH3 is 3. The van der Waals surface area contributed by atoms with Gasteiger partial charge in [-0.05, 0) is 61.4 Å². The summed E-state index contributed by atoms with van der Waals surface area (Å²) in [7, 11) is 4.98. The lowest BCUT2D eigenvalue weighted by Crippen LogP contribution is -2.36. The number of aryl methyl sites for hydroxylation is 1. The Kier molecular flexibility index (Phi) is 5.24. The predicted octanol–water partition coefficient (Wildman–Crippen LogP) is 5.14. The lowest BCUT2D eigenvalue weighted by molar-refractivity contribution is 0.377. The van der Waals surface area contributed by atoms with E-state index >= 15 is 0 Å². The van der Waals surface area contributed by atoms with Gasteiger partial charge >= 0.3 is 0 Å². The van der Waals surface area contributed by atoms with Gasteiger partial charge in [0.2, 0.25) is 0 Å². The van der Waals surface area contributed by atoms with Gasteiger partial charge in [-0.15, -0.1) is 0 Å². The molecule has 5 nitrogen and oxygen atoms in total. The van der Waals surface area contributed by atoms with Crippen molar-refractivity contribution in [2.45, 2.75) is 39.3 Å². The van der Waals surface area contributed by atoms with Gasteiger partial charge in [-0.25, -0.2) is 0 Å². The van der Waals surface area contributed by atoms with Crippen LogP contribution in [-0.4, -0.2) is 32.5 Å². The van der Waals surface area contributed by atoms with Crippen molar-refractivity contribution >= 4 is 10.8 Å². The van der Waals surface area contributed by atoms with Crippen LogP contribution in [0.4, 0.5) is 0 Å². The van der Waals surface area contributed by atoms with E-state index in [9.17, 15) is 5.11 Å². The van der Waals surface area contributed by atoms with Crippen LogP contribution in [0.15, 0.2) is 30.3 Å². The molecule has 0 radical (unpaired) electrons. The van der Waals surface area contributed by atoms with E-state index in [1.54, 1.807) is 27.4 Å². The second-order valence-electron chi connectivity index (χ2n) is 8.01. The summed E-state index contributed by atoms with van der Waals surface area (Å²) in [6.07, 6.45) is 0.802. The fraction of sp³-hybridized carbons (Fsp3) is 0.360. The Morgan fingerprint density at radius 3 is 2.30 bits per heavy atom. The number of hydrogen-bond acceptors (Lipinski definition) is 5. The molecular formula is C25H29NO4. The maximum absolute atomic E-state index is 11.2. The molecule has 1 heterocycles. The molecule has 4 rings (SSSR count). The van der Waals surface area contributed by atoms with Crippen LogP contribution in [0, 0.1) is 6.92 Å². The minimum Gasteiger partial charge on any atom is -0.507 e. The van der Waals surface area contributed by atoms with Gasteiger partial charge in [-0.1, -0.05) is 12.1 Å². The standard InChI is InChI=1S/C25H29NO4/c1-13-10-20(29-5)25-16(8-7-9-19(25)28-4)22(13)24-17-11-14(2)26-15(3)23(17)21(30-6)12-18(24)27/h7-10,12,14-15,26-27H,11H2,1-6H3/t14-,15+/m1/s1. The van der Waals surface area contributed by atoms with Crippen molar-refractivity contribution in [3.05, 3.63) is 47.0 Å². The first-order chi connectivity index (χ1) is 14.4. The highest BCUT2D eigenvalue weighted by atomic mass is 16.5. The highest BCUT2D eigenvalue weighted by Gasteiger charge is 2.30. The number of fused-ring (bicyclic) bond motifs is 2. The summed E-state index contributed by atoms with van der Waals surface area (Å²) in [5, 5.41) is 16.7. The molecule has 3 aromatic carbocycles. The summed E-state index contributed by atoms with van der Waals surface area (Å²) in [6.45, 7) is 6.36. The number of phenols is 1. The van der Waals surface area contributed by atoms with Crippen molar-refractivity contribution in [3.8, 4) is 34.1 Å². The van der Waals surface area contributed by atoms with Crippen LogP contribution in [0.5, 0.6) is 23.0 Å². The lowest BCUT2D eigenvalue weighted by atomic mass is 9.81. The van der Waals surface area contributed by atoms with Crippen LogP contribution in [-0.2, 0) is 6.42 Å². The van der Waals surface area contributed by atoms with Crippen LogP contribution in [0.25, 0.3) is 21.9 Å². The number of ether oxygens (including phenoxy) is 3. The Hall–Kier alpha value is -2.92. The highest BCUT2D eigenvalue weighted by molar-refractivity contribution is 6.06. The summed E-state index contributed by atoms with van der Waals surface area (Å²) in [4.78, 5) is 0. The molecule has 3 aromatic rings. The van der Waals surface area contributed by atoms with Gasteiger partial charge in [0.25, 0.3) is 0 Å². The molecule has 0 saturated carbocycles. The van der Waals surface area contributed by atoms with Crippen LogP contribution >= 0.6 is 0 Å². The lowest BCUT2D eigenvalue weighted by Gasteiger charge is -2.33. The third-order valence-electron chi connectivity index (χ3n) is 6.09. The first-order valence-electron chi connectivity index (χ1n) is 10.2. The van der Waals surface area contributed by atoms with Gasteiger partial charge in [-0.2, -0.15) is 0 Å². The average molecular weight is 408 g/mol. The Morgan fingerprint density at radius 2 is 1.63 bits per heavy atom. The molecule has 5 heteroatoms. The minimum absolute atomic E-state index is 0.123. The monoisotopic (exact) mass is 407 g/mol. The van der Waals surface area contributed by atoms with Crippen molar-refractivity contribution in [1.82, 2.24) is 5.32 Å². The van der Waals surface area contributed by atoms with Gasteiger partial charge in [0.05, 0.1) is 26.7 Å². The maximum atomic E-state index is 11.2. The molecule has 1 aliphatic rings. The third-order valence-corrected chi connectivity index (χ3v) is 6.09. The second-order valence-corrected chi connectivity index (χ2v) is 8.01. The second kappa shape index (κ2) is 7.73. The fourth-order valence-corrected chi connectivity index (χ4v) is 4.93. The summed E-state index contributed by atoms with van der Waals surface area (Å²) in [6, 6.07) is 10.1. The summed E-state index contributed by atoms with van der Waals surface area (Å²) in [5.41, 5.74) is 5.14. The largest absolute Gasteiger partial charge is 0.507 e. The molecule has 0 aliphatic carbocycles. The Bertz CT molecular complexity index is 1120. The number of rotatable bonds is 4. The van der Waals surface area contributed by atoms with Gasteiger partial charge in [-0.3, -0.25) is 0 Å². The van der Waals surface area contributed by atoms with Crippen molar-refractivity contribution in [2.75, 3.05) is 21.3 Å². The van der Waals surface area contributed by atoms with E-state index in [0.29, 0.717) is 5.75 Å². The summed E-state index contributed by atoms with van der Waals surface area (Å²) < 4.78 is 17.0. The van der Waals surface area contributed by atoms with Crippen LogP contribution in [0.1, 0.15) is 36.6 Å². The molecule has 0 spiro atoms. The molecule has 30 heavy (non-hydrogen) atoms. The average Bonchev–Trinajstić information content (AvgIpc) is 2.72. The molecule has 2 atom stereocenters. The van der Waals surface area contributed by atoms with E-state index in [4.69, 9.17) is 14.2 Å². The molecular weight excluding hydrogens is 378 g/mol. The number of aromatic hydroxyl groups is 1. The topological polar surface area (TPSA) is 60.0 Å². The van der Waals surface area contributed by atoms with Crippen molar-refractivity contribution in [1.29, 1.82) is 0 Å². The van der Waals surface area contributed by atoms with Crippen LogP contribution in [0.3, 0.4) is 0 Å². The summed E-state index contributed by atoms with van der Waals surface area (Å²) in [5.74, 6) is 2.44. The number of phenolic OH excluding ortho intramolecular Hbond substituents is 1. The Labute approximate surface area is 177 Å². The van der Waals surface area contributed by atoms with E-state index in [2.05, 4.69) is 32.2 Å². The van der Waals surface area contributed by atoms with Gasteiger partial charge in [0, 0.05) is 29.3 Å². The number of hydrogen-bond donors (Lipinski definition) is 2. The van der Waals surface area contributed by atoms with Gasteiger partial charge < -0.3 is 24.6 Å². The molecule has 0 aromatic heterocycles. The number of nitrogens with one attached hydrogen (secondary N) is 1. The molecule has 1 aliphatic heterocycles. The van der Waals surface area contributed by atoms with Crippen molar-refractivity contribution in [2.24, 2.45) is 0 Å². The molecule has 0 bridgehead atoms. The molecule has 0 saturated heterocycles. The molecule has 0 fully saturated rings. The first-order valence-corrected chi connectivity index (χ1v) is 10.2. The smallest absolute Gasteiger partial charge is 0.130 e. The highest BCUT2D eigenvalue weighted by Crippen LogP contribution is 2.49. The zero-order valence-corrected chi connectivity index (χ0v) is 18.4. The minimum atomic E-state index is 0.123. The van der Waals surface area contributed by atoms with Gasteiger partial charge in [0.1, 0.15) is 23.0 Å². The van der Waals surface area contributed by atoms with Crippen molar-refractivity contribution in [3.63, 3.8) is 0 Å². The van der Waals surface area contributed by atoms with E-state index < -0.39 is 0 Å². The van der Waals surface area contributed by atoms with Crippen molar-refractivity contribution < 1.29 is 19.3 Å². The van der Waals surface area contributed by atoms with Crippen LogP contribution < -0.4 is 19.5 Å². The SMILES string of the molecule is COc1cc(O)c(-c2c(C)cc(OC)c3c(OC)cccc23)c2c1[C@H](C)N[C@H](C)C2. The number of benzene rings is 3. The molecule has 2 N–H and O–H groups in total. The summed E-state index contributed by atoms with van der Waals surface area (Å²) >= 11 is 0. The normalized spacial score (nSPS) is 18.2. The maximum Gasteiger partial charge on any atom is 0.130 e. The molecule has 158 valence electrons. The fourth-order valence-electron chi connectivity index (χ4n) is 4.93. The van der Waals surface area contributed by atoms with Crippen LogP contribution in [0.2, 0.25) is 0 Å². The van der Waals surface area contributed by atoms with E-state index in [0.717, 1.165) is 56.5 Å². The molecule has 0 unspecified atom stereocenters. The van der Waals surface area contributed by atoms with Gasteiger partial charge in [0.15, 0.2) is 0 Å². The first kappa shape index (κ1) is 20.4. The Balaban J connectivity index is 2.15. The zero-order chi connectivity index (χ0) is 21.6. The predicted molar refractivity (Wildman–Crippen MR) is 120 cm³/mol.